The maximum atomic E-state index is 12.9. The number of nitrogens with zero attached hydrogens (tertiary/aromatic N) is 2. The van der Waals surface area contributed by atoms with Gasteiger partial charge < -0.3 is 9.63 Å². The zero-order valence-electron chi connectivity index (χ0n) is 10.4. The minimum Gasteiger partial charge on any atom is -0.393 e. The van der Waals surface area contributed by atoms with Crippen molar-refractivity contribution in [3.63, 3.8) is 0 Å². The Balaban J connectivity index is 2.16. The van der Waals surface area contributed by atoms with Crippen molar-refractivity contribution in [2.45, 2.75) is 32.3 Å². The summed E-state index contributed by atoms with van der Waals surface area (Å²) >= 11 is 5.92. The number of halogens is 2. The minimum atomic E-state index is -0.498. The van der Waals surface area contributed by atoms with Crippen molar-refractivity contribution in [1.29, 1.82) is 0 Å². The number of hydrogen-bond acceptors (Lipinski definition) is 4. The van der Waals surface area contributed by atoms with Crippen LogP contribution in [0, 0.1) is 5.82 Å². The van der Waals surface area contributed by atoms with Crippen LogP contribution in [-0.4, -0.2) is 21.4 Å². The first-order chi connectivity index (χ1) is 9.10. The zero-order valence-corrected chi connectivity index (χ0v) is 11.2. The molecule has 0 bridgehead atoms. The van der Waals surface area contributed by atoms with Crippen molar-refractivity contribution in [2.24, 2.45) is 0 Å². The molecule has 0 saturated heterocycles. The van der Waals surface area contributed by atoms with Crippen molar-refractivity contribution in [2.75, 3.05) is 0 Å². The maximum Gasteiger partial charge on any atom is 0.229 e. The summed E-state index contributed by atoms with van der Waals surface area (Å²) in [6.45, 7) is 1.99. The molecule has 1 aromatic carbocycles. The van der Waals surface area contributed by atoms with Gasteiger partial charge >= 0.3 is 0 Å². The van der Waals surface area contributed by atoms with E-state index in [1.807, 2.05) is 6.92 Å². The first kappa shape index (κ1) is 14.0. The van der Waals surface area contributed by atoms with Gasteiger partial charge in [-0.2, -0.15) is 4.98 Å². The van der Waals surface area contributed by atoms with Gasteiger partial charge in [-0.25, -0.2) is 4.39 Å². The van der Waals surface area contributed by atoms with Gasteiger partial charge in [0.25, 0.3) is 0 Å². The average Bonchev–Trinajstić information content (AvgIpc) is 2.77. The summed E-state index contributed by atoms with van der Waals surface area (Å²) in [5, 5.41) is 13.7. The highest BCUT2D eigenvalue weighted by molar-refractivity contribution is 6.33. The number of rotatable bonds is 5. The van der Waals surface area contributed by atoms with Gasteiger partial charge in [-0.05, 0) is 24.6 Å². The van der Waals surface area contributed by atoms with Gasteiger partial charge in [-0.15, -0.1) is 0 Å². The van der Waals surface area contributed by atoms with E-state index in [0.717, 1.165) is 6.42 Å². The Morgan fingerprint density at radius 1 is 1.47 bits per heavy atom. The molecule has 6 heteroatoms. The van der Waals surface area contributed by atoms with E-state index in [0.29, 0.717) is 30.1 Å². The molecular weight excluding hydrogens is 271 g/mol. The predicted molar refractivity (Wildman–Crippen MR) is 69.3 cm³/mol. The van der Waals surface area contributed by atoms with Crippen LogP contribution in [0.15, 0.2) is 22.7 Å². The third-order valence-electron chi connectivity index (χ3n) is 2.67. The number of hydrogen-bond donors (Lipinski definition) is 1. The lowest BCUT2D eigenvalue weighted by Crippen LogP contribution is -2.09. The lowest BCUT2D eigenvalue weighted by atomic mass is 10.1. The highest BCUT2D eigenvalue weighted by atomic mass is 35.5. The predicted octanol–water partition coefficient (Wildman–Crippen LogP) is 3.23. The van der Waals surface area contributed by atoms with Crippen molar-refractivity contribution >= 4 is 11.6 Å². The molecule has 1 atom stereocenters. The molecule has 0 radical (unpaired) electrons. The Kier molecular flexibility index (Phi) is 4.50. The molecule has 4 nitrogen and oxygen atoms in total. The fourth-order valence-corrected chi connectivity index (χ4v) is 2.01. The molecule has 0 spiro atoms. The fourth-order valence-electron chi connectivity index (χ4n) is 1.75. The number of benzene rings is 1. The van der Waals surface area contributed by atoms with Crippen LogP contribution in [0.5, 0.6) is 0 Å². The topological polar surface area (TPSA) is 59.2 Å². The molecule has 0 amide bonds. The van der Waals surface area contributed by atoms with Crippen LogP contribution in [0.2, 0.25) is 5.02 Å². The van der Waals surface area contributed by atoms with Gasteiger partial charge in [0.2, 0.25) is 11.7 Å². The standard InChI is InChI=1S/C13H14ClFN2O2/c1-2-3-9(18)7-12-16-13(17-19-12)10-5-4-8(15)6-11(10)14/h4-6,9,18H,2-3,7H2,1H3. The molecule has 2 rings (SSSR count). The number of aliphatic hydroxyl groups excluding tert-OH is 1. The molecular formula is C13H14ClFN2O2. The molecule has 0 aliphatic carbocycles. The van der Waals surface area contributed by atoms with E-state index < -0.39 is 11.9 Å². The van der Waals surface area contributed by atoms with Crippen LogP contribution in [0.3, 0.4) is 0 Å². The lowest BCUT2D eigenvalue weighted by molar-refractivity contribution is 0.152. The highest BCUT2D eigenvalue weighted by Gasteiger charge is 2.15. The van der Waals surface area contributed by atoms with Crippen LogP contribution in [-0.2, 0) is 6.42 Å². The van der Waals surface area contributed by atoms with Gasteiger partial charge in [0.05, 0.1) is 17.5 Å². The molecule has 102 valence electrons. The van der Waals surface area contributed by atoms with Gasteiger partial charge in [0.15, 0.2) is 0 Å². The van der Waals surface area contributed by atoms with Crippen LogP contribution in [0.25, 0.3) is 11.4 Å². The maximum absolute atomic E-state index is 12.9. The monoisotopic (exact) mass is 284 g/mol. The molecule has 2 aromatic rings. The molecule has 0 aliphatic heterocycles. The normalized spacial score (nSPS) is 12.6. The molecule has 1 N–H and O–H groups in total. The highest BCUT2D eigenvalue weighted by Crippen LogP contribution is 2.26. The van der Waals surface area contributed by atoms with Gasteiger partial charge in [-0.3, -0.25) is 0 Å². The van der Waals surface area contributed by atoms with E-state index in [4.69, 9.17) is 16.1 Å². The van der Waals surface area contributed by atoms with Gasteiger partial charge in [0, 0.05) is 5.56 Å². The van der Waals surface area contributed by atoms with Crippen molar-refractivity contribution in [1.82, 2.24) is 10.1 Å². The van der Waals surface area contributed by atoms with E-state index in [9.17, 15) is 9.50 Å². The summed E-state index contributed by atoms with van der Waals surface area (Å²) in [6, 6.07) is 3.97. The zero-order chi connectivity index (χ0) is 13.8. The Bertz CT molecular complexity index is 559. The first-order valence-electron chi connectivity index (χ1n) is 6.06. The Labute approximate surface area is 115 Å². The van der Waals surface area contributed by atoms with Crippen LogP contribution < -0.4 is 0 Å². The Hall–Kier alpha value is -1.46. The summed E-state index contributed by atoms with van der Waals surface area (Å²) in [4.78, 5) is 4.15. The molecule has 0 aliphatic rings. The third kappa shape index (κ3) is 3.52. The second kappa shape index (κ2) is 6.12. The fraction of sp³-hybridized carbons (Fsp3) is 0.385. The Morgan fingerprint density at radius 3 is 2.95 bits per heavy atom. The van der Waals surface area contributed by atoms with Crippen LogP contribution >= 0.6 is 11.6 Å². The van der Waals surface area contributed by atoms with E-state index >= 15 is 0 Å². The van der Waals surface area contributed by atoms with Crippen molar-refractivity contribution < 1.29 is 14.0 Å². The first-order valence-corrected chi connectivity index (χ1v) is 6.44. The van der Waals surface area contributed by atoms with E-state index in [1.165, 1.54) is 18.2 Å². The molecule has 1 heterocycles. The molecule has 1 unspecified atom stereocenters. The summed E-state index contributed by atoms with van der Waals surface area (Å²) in [7, 11) is 0. The van der Waals surface area contributed by atoms with Crippen molar-refractivity contribution in [3.8, 4) is 11.4 Å². The van der Waals surface area contributed by atoms with Crippen LogP contribution in [0.1, 0.15) is 25.7 Å². The van der Waals surface area contributed by atoms with Crippen molar-refractivity contribution in [3.05, 3.63) is 34.9 Å². The summed E-state index contributed by atoms with van der Waals surface area (Å²) in [6.07, 6.45) is 1.36. The molecule has 0 saturated carbocycles. The smallest absolute Gasteiger partial charge is 0.229 e. The lowest BCUT2D eigenvalue weighted by Gasteiger charge is -2.04. The van der Waals surface area contributed by atoms with E-state index in [2.05, 4.69) is 10.1 Å². The second-order valence-corrected chi connectivity index (χ2v) is 4.69. The molecule has 19 heavy (non-hydrogen) atoms. The number of aromatic nitrogens is 2. The average molecular weight is 285 g/mol. The van der Waals surface area contributed by atoms with Gasteiger partial charge in [-0.1, -0.05) is 30.1 Å². The van der Waals surface area contributed by atoms with E-state index in [1.54, 1.807) is 0 Å². The van der Waals surface area contributed by atoms with Crippen LogP contribution in [0.4, 0.5) is 4.39 Å². The van der Waals surface area contributed by atoms with Gasteiger partial charge in [0.1, 0.15) is 5.82 Å². The summed E-state index contributed by atoms with van der Waals surface area (Å²) < 4.78 is 18.0. The third-order valence-corrected chi connectivity index (χ3v) is 2.98. The number of aliphatic hydroxyl groups is 1. The SMILES string of the molecule is CCCC(O)Cc1nc(-c2ccc(F)cc2Cl)no1. The Morgan fingerprint density at radius 2 is 2.26 bits per heavy atom. The quantitative estimate of drug-likeness (QED) is 0.916. The molecule has 0 fully saturated rings. The largest absolute Gasteiger partial charge is 0.393 e. The minimum absolute atomic E-state index is 0.224. The summed E-state index contributed by atoms with van der Waals surface area (Å²) in [5.74, 6) is 0.218. The summed E-state index contributed by atoms with van der Waals surface area (Å²) in [5.41, 5.74) is 0.503. The molecule has 1 aromatic heterocycles. The second-order valence-electron chi connectivity index (χ2n) is 4.28. The van der Waals surface area contributed by atoms with E-state index in [-0.39, 0.29) is 5.02 Å².